The second-order valence-corrected chi connectivity index (χ2v) is 6.66. The molecule has 0 bridgehead atoms. The predicted molar refractivity (Wildman–Crippen MR) is 92.6 cm³/mol. The minimum atomic E-state index is -0.910. The number of benzene rings is 1. The van der Waals surface area contributed by atoms with Crippen molar-refractivity contribution in [2.75, 3.05) is 0 Å². The molecular formula is C17H23NO5S. The monoisotopic (exact) mass is 353 g/mol. The third kappa shape index (κ3) is 8.57. The molecular weight excluding hydrogens is 330 g/mol. The molecule has 1 amide bonds. The summed E-state index contributed by atoms with van der Waals surface area (Å²) in [6.07, 6.45) is -0.651. The van der Waals surface area contributed by atoms with Crippen molar-refractivity contribution in [3.8, 4) is 0 Å². The van der Waals surface area contributed by atoms with E-state index in [1.807, 2.05) is 30.3 Å². The molecule has 0 fully saturated rings. The molecule has 7 heteroatoms. The maximum Gasteiger partial charge on any atom is 0.408 e. The van der Waals surface area contributed by atoms with E-state index in [2.05, 4.69) is 17.9 Å². The topological polar surface area (TPSA) is 81.7 Å². The van der Waals surface area contributed by atoms with Crippen LogP contribution in [0.15, 0.2) is 30.3 Å². The van der Waals surface area contributed by atoms with E-state index in [1.165, 1.54) is 0 Å². The molecule has 0 aromatic heterocycles. The smallest absolute Gasteiger partial charge is 0.408 e. The van der Waals surface area contributed by atoms with Crippen LogP contribution in [0, 0.1) is 0 Å². The van der Waals surface area contributed by atoms with Gasteiger partial charge in [-0.3, -0.25) is 9.59 Å². The predicted octanol–water partition coefficient (Wildman–Crippen LogP) is 2.86. The zero-order chi connectivity index (χ0) is 18.2. The molecule has 6 nitrogen and oxygen atoms in total. The minimum Gasteiger partial charge on any atom is -0.461 e. The Labute approximate surface area is 147 Å². The molecule has 0 saturated heterocycles. The highest BCUT2D eigenvalue weighted by atomic mass is 32.1. The minimum absolute atomic E-state index is 0.0143. The van der Waals surface area contributed by atoms with Crippen LogP contribution in [-0.4, -0.2) is 28.8 Å². The SMILES string of the molecule is CC(C)(C)OC(=O)N[C@@H](CCC(=O)OCc1ccccc1)C(=O)S. The maximum absolute atomic E-state index is 11.8. The number of hydrogen-bond donors (Lipinski definition) is 2. The average molecular weight is 353 g/mol. The van der Waals surface area contributed by atoms with Crippen molar-refractivity contribution in [2.45, 2.75) is 51.9 Å². The number of carbonyl (C=O) groups excluding carboxylic acids is 3. The summed E-state index contributed by atoms with van der Waals surface area (Å²) in [4.78, 5) is 34.9. The number of carbonyl (C=O) groups is 3. The van der Waals surface area contributed by atoms with Crippen molar-refractivity contribution in [2.24, 2.45) is 0 Å². The second kappa shape index (κ2) is 9.32. The van der Waals surface area contributed by atoms with Gasteiger partial charge >= 0.3 is 12.1 Å². The van der Waals surface area contributed by atoms with Gasteiger partial charge in [0.2, 0.25) is 5.12 Å². The molecule has 1 atom stereocenters. The van der Waals surface area contributed by atoms with Crippen LogP contribution in [0.25, 0.3) is 0 Å². The Morgan fingerprint density at radius 1 is 1.17 bits per heavy atom. The van der Waals surface area contributed by atoms with Gasteiger partial charge in [0.15, 0.2) is 0 Å². The molecule has 132 valence electrons. The first-order valence-corrected chi connectivity index (χ1v) is 8.04. The molecule has 0 aliphatic carbocycles. The van der Waals surface area contributed by atoms with E-state index in [1.54, 1.807) is 20.8 Å². The summed E-state index contributed by atoms with van der Waals surface area (Å²) < 4.78 is 10.2. The number of hydrogen-bond acceptors (Lipinski definition) is 5. The first-order chi connectivity index (χ1) is 11.2. The Bertz CT molecular complexity index is 568. The van der Waals surface area contributed by atoms with Crippen molar-refractivity contribution in [3.05, 3.63) is 35.9 Å². The van der Waals surface area contributed by atoms with Gasteiger partial charge in [-0.15, -0.1) is 12.6 Å². The third-order valence-electron chi connectivity index (χ3n) is 2.87. The lowest BCUT2D eigenvalue weighted by Gasteiger charge is -2.22. The summed E-state index contributed by atoms with van der Waals surface area (Å²) in [5.74, 6) is -0.454. The maximum atomic E-state index is 11.8. The summed E-state index contributed by atoms with van der Waals surface area (Å²) in [5, 5.41) is 1.86. The zero-order valence-corrected chi connectivity index (χ0v) is 15.0. The number of nitrogens with one attached hydrogen (secondary N) is 1. The summed E-state index contributed by atoms with van der Waals surface area (Å²) in [6.45, 7) is 5.31. The Morgan fingerprint density at radius 3 is 2.33 bits per heavy atom. The van der Waals surface area contributed by atoms with E-state index in [0.717, 1.165) is 5.56 Å². The van der Waals surface area contributed by atoms with Gasteiger partial charge in [-0.1, -0.05) is 30.3 Å². The number of thiol groups is 1. The van der Waals surface area contributed by atoms with Gasteiger partial charge in [-0.2, -0.15) is 0 Å². The molecule has 0 aliphatic heterocycles. The van der Waals surface area contributed by atoms with Gasteiger partial charge < -0.3 is 14.8 Å². The fraction of sp³-hybridized carbons (Fsp3) is 0.471. The lowest BCUT2D eigenvalue weighted by atomic mass is 10.1. The Morgan fingerprint density at radius 2 is 1.79 bits per heavy atom. The third-order valence-corrected chi connectivity index (χ3v) is 3.18. The molecule has 1 rings (SSSR count). The standard InChI is InChI=1S/C17H23NO5S/c1-17(2,3)23-16(21)18-13(15(20)24)9-10-14(19)22-11-12-7-5-4-6-8-12/h4-8,13H,9-11H2,1-3H3,(H,18,21)(H,20,24)/t13-/m0/s1. The summed E-state index contributed by atoms with van der Waals surface area (Å²) in [6, 6.07) is 8.35. The molecule has 0 saturated carbocycles. The van der Waals surface area contributed by atoms with Crippen molar-refractivity contribution in [1.29, 1.82) is 0 Å². The fourth-order valence-corrected chi connectivity index (χ4v) is 1.97. The first kappa shape index (κ1) is 20.0. The molecule has 0 radical (unpaired) electrons. The molecule has 1 N–H and O–H groups in total. The highest BCUT2D eigenvalue weighted by Crippen LogP contribution is 2.09. The van der Waals surface area contributed by atoms with Gasteiger partial charge in [0.1, 0.15) is 18.2 Å². The Kier molecular flexibility index (Phi) is 7.78. The van der Waals surface area contributed by atoms with E-state index in [4.69, 9.17) is 9.47 Å². The van der Waals surface area contributed by atoms with E-state index in [-0.39, 0.29) is 19.4 Å². The summed E-state index contributed by atoms with van der Waals surface area (Å²) >= 11 is 3.73. The quantitative estimate of drug-likeness (QED) is 0.582. The first-order valence-electron chi connectivity index (χ1n) is 7.59. The van der Waals surface area contributed by atoms with Crippen LogP contribution in [0.3, 0.4) is 0 Å². The average Bonchev–Trinajstić information content (AvgIpc) is 2.48. The molecule has 1 aromatic rings. The molecule has 0 unspecified atom stereocenters. The number of alkyl carbamates (subject to hydrolysis) is 1. The zero-order valence-electron chi connectivity index (χ0n) is 14.1. The number of ether oxygens (including phenoxy) is 2. The summed E-state index contributed by atoms with van der Waals surface area (Å²) in [5.41, 5.74) is 0.197. The fourth-order valence-electron chi connectivity index (χ4n) is 1.78. The van der Waals surface area contributed by atoms with Crippen molar-refractivity contribution in [3.63, 3.8) is 0 Å². The Balaban J connectivity index is 2.41. The van der Waals surface area contributed by atoms with Crippen molar-refractivity contribution in [1.82, 2.24) is 5.32 Å². The van der Waals surface area contributed by atoms with Crippen molar-refractivity contribution < 1.29 is 23.9 Å². The van der Waals surface area contributed by atoms with Crippen LogP contribution in [0.5, 0.6) is 0 Å². The normalized spacial score (nSPS) is 12.2. The number of amides is 1. The molecule has 24 heavy (non-hydrogen) atoms. The number of rotatable bonds is 7. The van der Waals surface area contributed by atoms with Crippen LogP contribution < -0.4 is 5.32 Å². The van der Waals surface area contributed by atoms with E-state index in [0.29, 0.717) is 0 Å². The van der Waals surface area contributed by atoms with E-state index < -0.39 is 28.8 Å². The second-order valence-electron chi connectivity index (χ2n) is 6.22. The number of esters is 1. The van der Waals surface area contributed by atoms with Gasteiger partial charge in [0.05, 0.1) is 0 Å². The lowest BCUT2D eigenvalue weighted by Crippen LogP contribution is -2.42. The van der Waals surface area contributed by atoms with Crippen LogP contribution >= 0.6 is 12.6 Å². The van der Waals surface area contributed by atoms with Crippen molar-refractivity contribution >= 4 is 29.8 Å². The van der Waals surface area contributed by atoms with E-state index in [9.17, 15) is 14.4 Å². The highest BCUT2D eigenvalue weighted by Gasteiger charge is 2.23. The van der Waals surface area contributed by atoms with E-state index >= 15 is 0 Å². The van der Waals surface area contributed by atoms with Crippen LogP contribution in [-0.2, 0) is 25.7 Å². The van der Waals surface area contributed by atoms with Gasteiger partial charge in [0.25, 0.3) is 0 Å². The molecule has 1 aromatic carbocycles. The highest BCUT2D eigenvalue weighted by molar-refractivity contribution is 7.96. The molecule has 0 spiro atoms. The van der Waals surface area contributed by atoms with Crippen LogP contribution in [0.2, 0.25) is 0 Å². The lowest BCUT2D eigenvalue weighted by molar-refractivity contribution is -0.145. The van der Waals surface area contributed by atoms with Gasteiger partial charge in [-0.25, -0.2) is 4.79 Å². The summed E-state index contributed by atoms with van der Waals surface area (Å²) in [7, 11) is 0. The molecule has 0 aliphatic rings. The van der Waals surface area contributed by atoms with Gasteiger partial charge in [-0.05, 0) is 32.8 Å². The molecule has 0 heterocycles. The largest absolute Gasteiger partial charge is 0.461 e. The van der Waals surface area contributed by atoms with Crippen LogP contribution in [0.1, 0.15) is 39.2 Å². The van der Waals surface area contributed by atoms with Crippen LogP contribution in [0.4, 0.5) is 4.79 Å². The Hall–Kier alpha value is -2.02. The van der Waals surface area contributed by atoms with Gasteiger partial charge in [0, 0.05) is 6.42 Å².